The van der Waals surface area contributed by atoms with Crippen LogP contribution in [0, 0.1) is 0 Å². The third kappa shape index (κ3) is 6.65. The number of para-hydroxylation sites is 1. The molecule has 0 aliphatic carbocycles. The van der Waals surface area contributed by atoms with Crippen LogP contribution in [0.4, 0.5) is 24.0 Å². The maximum atomic E-state index is 13.1. The van der Waals surface area contributed by atoms with Crippen molar-refractivity contribution in [3.05, 3.63) is 64.6 Å². The van der Waals surface area contributed by atoms with E-state index in [1.54, 1.807) is 25.3 Å². The van der Waals surface area contributed by atoms with Crippen molar-refractivity contribution in [1.29, 1.82) is 0 Å². The minimum absolute atomic E-state index is 0.169. The molecular formula is C22H16F3N5O3S3. The molecule has 1 saturated heterocycles. The van der Waals surface area contributed by atoms with Gasteiger partial charge in [-0.2, -0.15) is 18.2 Å². The minimum atomic E-state index is -4.58. The molecule has 0 radical (unpaired) electrons. The van der Waals surface area contributed by atoms with Gasteiger partial charge in [-0.1, -0.05) is 47.4 Å². The number of ether oxygens (including phenoxy) is 1. The van der Waals surface area contributed by atoms with E-state index >= 15 is 0 Å². The Bertz CT molecular complexity index is 1340. The maximum absolute atomic E-state index is 13.1. The molecule has 3 aromatic rings. The average Bonchev–Trinajstić information content (AvgIpc) is 3.43. The summed E-state index contributed by atoms with van der Waals surface area (Å²) in [7, 11) is 1.57. The second-order valence-corrected chi connectivity index (χ2v) is 10.2. The Hall–Kier alpha value is -3.36. The molecule has 8 nitrogen and oxygen atoms in total. The number of benzene rings is 2. The molecule has 186 valence electrons. The van der Waals surface area contributed by atoms with Crippen LogP contribution in [0.3, 0.4) is 0 Å². The topological polar surface area (TPSA) is 106 Å². The summed E-state index contributed by atoms with van der Waals surface area (Å²) in [4.78, 5) is 29.2. The highest BCUT2D eigenvalue weighted by Crippen LogP contribution is 2.35. The number of rotatable bonds is 7. The number of anilines is 1. The third-order valence-corrected chi connectivity index (χ3v) is 7.35. The summed E-state index contributed by atoms with van der Waals surface area (Å²) in [5.41, 5.74) is -0.415. The van der Waals surface area contributed by atoms with E-state index in [0.717, 1.165) is 46.5 Å². The number of hydrogen-bond donors (Lipinski definition) is 2. The fraction of sp³-hybridized carbons (Fsp3) is 0.136. The first-order chi connectivity index (χ1) is 17.2. The van der Waals surface area contributed by atoms with E-state index in [1.165, 1.54) is 18.2 Å². The Morgan fingerprint density at radius 3 is 2.67 bits per heavy atom. The number of carbonyl (C=O) groups is 2. The molecule has 2 amide bonds. The molecule has 4 rings (SSSR count). The lowest BCUT2D eigenvalue weighted by atomic mass is 10.1. The van der Waals surface area contributed by atoms with Crippen LogP contribution in [0.25, 0.3) is 6.08 Å². The van der Waals surface area contributed by atoms with Crippen LogP contribution in [0.5, 0.6) is 5.75 Å². The van der Waals surface area contributed by atoms with Crippen molar-refractivity contribution in [2.24, 2.45) is 4.99 Å². The van der Waals surface area contributed by atoms with Crippen molar-refractivity contribution in [3.8, 4) is 5.75 Å². The van der Waals surface area contributed by atoms with Gasteiger partial charge in [0.15, 0.2) is 9.51 Å². The molecular weight excluding hydrogens is 535 g/mol. The maximum Gasteiger partial charge on any atom is 0.418 e. The number of hydrogen-bond acceptors (Lipinski definition) is 9. The first kappa shape index (κ1) is 25.7. The number of halogens is 3. The number of amidine groups is 1. The number of aliphatic imine (C=N–C) groups is 1. The van der Waals surface area contributed by atoms with Crippen molar-refractivity contribution >= 4 is 68.7 Å². The number of nitrogens with zero attached hydrogens (tertiary/aromatic N) is 3. The van der Waals surface area contributed by atoms with Gasteiger partial charge >= 0.3 is 6.18 Å². The first-order valence-corrected chi connectivity index (χ1v) is 12.7. The molecule has 2 N–H and O–H groups in total. The average molecular weight is 552 g/mol. The first-order valence-electron chi connectivity index (χ1n) is 10.1. The summed E-state index contributed by atoms with van der Waals surface area (Å²) in [5.74, 6) is -0.384. The van der Waals surface area contributed by atoms with Crippen LogP contribution in [-0.4, -0.2) is 40.0 Å². The lowest BCUT2D eigenvalue weighted by Crippen LogP contribution is -2.19. The Kier molecular flexibility index (Phi) is 7.96. The molecule has 1 aromatic heterocycles. The molecule has 0 saturated carbocycles. The van der Waals surface area contributed by atoms with E-state index in [9.17, 15) is 22.8 Å². The van der Waals surface area contributed by atoms with Crippen molar-refractivity contribution in [2.75, 3.05) is 18.2 Å². The van der Waals surface area contributed by atoms with Gasteiger partial charge in [0.1, 0.15) is 5.75 Å². The van der Waals surface area contributed by atoms with Gasteiger partial charge in [0.25, 0.3) is 5.91 Å². The number of aromatic nitrogens is 2. The van der Waals surface area contributed by atoms with E-state index in [-0.39, 0.29) is 22.5 Å². The smallest absolute Gasteiger partial charge is 0.418 e. The zero-order chi connectivity index (χ0) is 25.7. The number of nitrogens with one attached hydrogen (secondary N) is 2. The Balaban J connectivity index is 1.34. The van der Waals surface area contributed by atoms with Crippen LogP contribution in [0.15, 0.2) is 62.8 Å². The standard InChI is InChI=1S/C22H16F3N5O3S3/c1-33-13-8-6-12(7-9-13)10-16-18(32)27-19(35-16)28-20-29-30-21(36-20)34-11-17(31)26-15-5-3-2-4-14(15)22(23,24)25/h2-10H,11H2,1H3,(H,26,31)(H,27,28,29,32)/b16-10-. The normalized spacial score (nSPS) is 15.8. The Labute approximate surface area is 215 Å². The molecule has 36 heavy (non-hydrogen) atoms. The Morgan fingerprint density at radius 1 is 1.19 bits per heavy atom. The van der Waals surface area contributed by atoms with Crippen molar-refractivity contribution in [2.45, 2.75) is 10.5 Å². The van der Waals surface area contributed by atoms with Gasteiger partial charge < -0.3 is 15.4 Å². The molecule has 0 atom stereocenters. The lowest BCUT2D eigenvalue weighted by molar-refractivity contribution is -0.137. The second kappa shape index (κ2) is 11.1. The lowest BCUT2D eigenvalue weighted by Gasteiger charge is -2.13. The molecule has 14 heteroatoms. The van der Waals surface area contributed by atoms with Crippen molar-refractivity contribution in [3.63, 3.8) is 0 Å². The second-order valence-electron chi connectivity index (χ2n) is 6.99. The number of alkyl halides is 3. The van der Waals surface area contributed by atoms with Gasteiger partial charge in [0.05, 0.1) is 29.0 Å². The number of methoxy groups -OCH3 is 1. The predicted molar refractivity (Wildman–Crippen MR) is 135 cm³/mol. The van der Waals surface area contributed by atoms with Crippen molar-refractivity contribution in [1.82, 2.24) is 15.5 Å². The molecule has 0 spiro atoms. The van der Waals surface area contributed by atoms with Crippen LogP contribution in [0.1, 0.15) is 11.1 Å². The molecule has 0 bridgehead atoms. The Morgan fingerprint density at radius 2 is 1.94 bits per heavy atom. The molecule has 1 aliphatic rings. The van der Waals surface area contributed by atoms with Gasteiger partial charge in [-0.3, -0.25) is 9.59 Å². The summed E-state index contributed by atoms with van der Waals surface area (Å²) in [6.07, 6.45) is -2.86. The van der Waals surface area contributed by atoms with Gasteiger partial charge in [-0.15, -0.1) is 10.2 Å². The number of carbonyl (C=O) groups excluding carboxylic acids is 2. The fourth-order valence-electron chi connectivity index (χ4n) is 2.88. The summed E-state index contributed by atoms with van der Waals surface area (Å²) < 4.78 is 44.8. The highest BCUT2D eigenvalue weighted by Gasteiger charge is 2.33. The zero-order valence-corrected chi connectivity index (χ0v) is 20.8. The van der Waals surface area contributed by atoms with Crippen LogP contribution >= 0.6 is 34.9 Å². The SMILES string of the molecule is COc1ccc(/C=C2\S/C(=N/c3nnc(SCC(=O)Nc4ccccc4C(F)(F)F)s3)NC2=O)cc1. The largest absolute Gasteiger partial charge is 0.497 e. The van der Waals surface area contributed by atoms with E-state index in [4.69, 9.17) is 4.74 Å². The van der Waals surface area contributed by atoms with Gasteiger partial charge in [0.2, 0.25) is 11.0 Å². The molecule has 2 aromatic carbocycles. The molecule has 1 fully saturated rings. The third-order valence-electron chi connectivity index (χ3n) is 4.49. The highest BCUT2D eigenvalue weighted by atomic mass is 32.2. The van der Waals surface area contributed by atoms with Crippen LogP contribution in [-0.2, 0) is 15.8 Å². The minimum Gasteiger partial charge on any atom is -0.497 e. The number of thioether (sulfide) groups is 2. The van der Waals surface area contributed by atoms with Gasteiger partial charge in [0, 0.05) is 0 Å². The van der Waals surface area contributed by atoms with Crippen molar-refractivity contribution < 1.29 is 27.5 Å². The molecule has 0 unspecified atom stereocenters. The fourth-order valence-corrected chi connectivity index (χ4v) is 5.28. The summed E-state index contributed by atoms with van der Waals surface area (Å²) in [6.45, 7) is 0. The monoisotopic (exact) mass is 551 g/mol. The molecule has 1 aliphatic heterocycles. The van der Waals surface area contributed by atoms with Crippen LogP contribution in [0.2, 0.25) is 0 Å². The quantitative estimate of drug-likeness (QED) is 0.308. The summed E-state index contributed by atoms with van der Waals surface area (Å²) in [5, 5.41) is 13.4. The number of amides is 2. The zero-order valence-electron chi connectivity index (χ0n) is 18.3. The van der Waals surface area contributed by atoms with E-state index in [1.807, 2.05) is 12.1 Å². The van der Waals surface area contributed by atoms with Gasteiger partial charge in [-0.25, -0.2) is 0 Å². The van der Waals surface area contributed by atoms with E-state index < -0.39 is 17.6 Å². The predicted octanol–water partition coefficient (Wildman–Crippen LogP) is 5.19. The van der Waals surface area contributed by atoms with E-state index in [0.29, 0.717) is 20.2 Å². The van der Waals surface area contributed by atoms with Crippen LogP contribution < -0.4 is 15.4 Å². The summed E-state index contributed by atoms with van der Waals surface area (Å²) >= 11 is 3.24. The highest BCUT2D eigenvalue weighted by molar-refractivity contribution is 8.18. The summed E-state index contributed by atoms with van der Waals surface area (Å²) in [6, 6.07) is 12.0. The van der Waals surface area contributed by atoms with E-state index in [2.05, 4.69) is 25.8 Å². The van der Waals surface area contributed by atoms with Gasteiger partial charge in [-0.05, 0) is 47.7 Å². The molecule has 2 heterocycles.